The first kappa shape index (κ1) is 19.9. The summed E-state index contributed by atoms with van der Waals surface area (Å²) >= 11 is 0. The van der Waals surface area contributed by atoms with Crippen LogP contribution in [0.1, 0.15) is 69.4 Å². The summed E-state index contributed by atoms with van der Waals surface area (Å²) in [7, 11) is 0. The van der Waals surface area contributed by atoms with Crippen molar-refractivity contribution in [2.24, 2.45) is 0 Å². The van der Waals surface area contributed by atoms with Gasteiger partial charge in [-0.15, -0.1) is 0 Å². The van der Waals surface area contributed by atoms with Crippen molar-refractivity contribution in [3.8, 4) is 0 Å². The van der Waals surface area contributed by atoms with Gasteiger partial charge in [0, 0.05) is 18.5 Å². The van der Waals surface area contributed by atoms with Crippen molar-refractivity contribution in [2.75, 3.05) is 6.54 Å². The monoisotopic (exact) mass is 357 g/mol. The number of carboxylic acid groups (broad SMARTS) is 1. The van der Waals surface area contributed by atoms with Gasteiger partial charge in [0.05, 0.1) is 6.42 Å². The van der Waals surface area contributed by atoms with Gasteiger partial charge in [0.2, 0.25) is 5.91 Å². The van der Waals surface area contributed by atoms with Crippen LogP contribution in [0.25, 0.3) is 6.08 Å². The Labute approximate surface area is 154 Å². The minimum absolute atomic E-state index is 0.148. The van der Waals surface area contributed by atoms with E-state index in [9.17, 15) is 14.4 Å². The second-order valence-electron chi connectivity index (χ2n) is 7.08. The number of nitrogens with zero attached hydrogens (tertiary/aromatic N) is 1. The molecule has 5 heteroatoms. The number of amides is 2. The second kappa shape index (κ2) is 9.32. The van der Waals surface area contributed by atoms with E-state index >= 15 is 0 Å². The van der Waals surface area contributed by atoms with Gasteiger partial charge >= 0.3 is 5.97 Å². The average Bonchev–Trinajstić information content (AvgIpc) is 2.85. The molecule has 0 atom stereocenters. The van der Waals surface area contributed by atoms with Gasteiger partial charge in [0.15, 0.2) is 0 Å². The summed E-state index contributed by atoms with van der Waals surface area (Å²) in [5.41, 5.74) is 2.71. The van der Waals surface area contributed by atoms with E-state index in [1.807, 2.05) is 24.3 Å². The maximum atomic E-state index is 12.5. The zero-order valence-electron chi connectivity index (χ0n) is 15.5. The molecule has 0 bridgehead atoms. The Morgan fingerprint density at radius 3 is 2.38 bits per heavy atom. The Morgan fingerprint density at radius 1 is 1.12 bits per heavy atom. The molecule has 0 spiro atoms. The number of unbranched alkanes of at least 4 members (excludes halogenated alkanes) is 3. The molecule has 0 aromatic heterocycles. The first-order chi connectivity index (χ1) is 12.4. The fourth-order valence-electron chi connectivity index (χ4n) is 3.04. The van der Waals surface area contributed by atoms with Gasteiger partial charge in [0.25, 0.3) is 5.91 Å². The molecule has 1 fully saturated rings. The lowest BCUT2D eigenvalue weighted by Crippen LogP contribution is -2.30. The molecule has 0 unspecified atom stereocenters. The molecule has 2 rings (SSSR count). The quantitative estimate of drug-likeness (QED) is 0.412. The fourth-order valence-corrected chi connectivity index (χ4v) is 3.04. The smallest absolute Gasteiger partial charge is 0.303 e. The number of hydrogen-bond acceptors (Lipinski definition) is 3. The Morgan fingerprint density at radius 2 is 1.77 bits per heavy atom. The van der Waals surface area contributed by atoms with Gasteiger partial charge in [-0.2, -0.15) is 0 Å². The number of carboxylic acids is 1. The number of aliphatic carboxylic acids is 1. The summed E-state index contributed by atoms with van der Waals surface area (Å²) in [6.45, 7) is 4.67. The lowest BCUT2D eigenvalue weighted by atomic mass is 10.0. The highest BCUT2D eigenvalue weighted by molar-refractivity contribution is 6.15. The summed E-state index contributed by atoms with van der Waals surface area (Å²) in [6.07, 6.45) is 5.10. The van der Waals surface area contributed by atoms with Gasteiger partial charge in [-0.05, 0) is 36.0 Å². The highest BCUT2D eigenvalue weighted by atomic mass is 16.4. The molecule has 1 aromatic rings. The van der Waals surface area contributed by atoms with Crippen molar-refractivity contribution in [1.29, 1.82) is 0 Å². The van der Waals surface area contributed by atoms with Crippen molar-refractivity contribution < 1.29 is 19.5 Å². The van der Waals surface area contributed by atoms with Crippen molar-refractivity contribution in [1.82, 2.24) is 4.90 Å². The van der Waals surface area contributed by atoms with E-state index in [0.29, 0.717) is 30.9 Å². The molecule has 0 radical (unpaired) electrons. The molecule has 1 saturated heterocycles. The van der Waals surface area contributed by atoms with Crippen LogP contribution in [-0.4, -0.2) is 34.3 Å². The number of carbonyl (C=O) groups is 3. The molecule has 1 N–H and O–H groups in total. The Bertz CT molecular complexity index is 688. The normalized spacial score (nSPS) is 16.1. The third-order valence-electron chi connectivity index (χ3n) is 4.63. The molecule has 26 heavy (non-hydrogen) atoms. The van der Waals surface area contributed by atoms with E-state index in [0.717, 1.165) is 18.4 Å². The van der Waals surface area contributed by atoms with Crippen LogP contribution in [0.3, 0.4) is 0 Å². The lowest BCUT2D eigenvalue weighted by Gasteiger charge is -2.13. The molecule has 1 heterocycles. The third-order valence-corrected chi connectivity index (χ3v) is 4.63. The molecule has 1 aliphatic heterocycles. The van der Waals surface area contributed by atoms with Crippen LogP contribution >= 0.6 is 0 Å². The second-order valence-corrected chi connectivity index (χ2v) is 7.08. The first-order valence-corrected chi connectivity index (χ1v) is 9.25. The van der Waals surface area contributed by atoms with Crippen LogP contribution in [0.4, 0.5) is 0 Å². The van der Waals surface area contributed by atoms with Crippen molar-refractivity contribution in [3.63, 3.8) is 0 Å². The summed E-state index contributed by atoms with van der Waals surface area (Å²) in [5, 5.41) is 8.60. The van der Waals surface area contributed by atoms with Crippen LogP contribution in [0, 0.1) is 0 Å². The molecule has 0 aliphatic carbocycles. The van der Waals surface area contributed by atoms with Crippen LogP contribution in [-0.2, 0) is 14.4 Å². The third kappa shape index (κ3) is 5.55. The fraction of sp³-hybridized carbons (Fsp3) is 0.476. The number of carbonyl (C=O) groups excluding carboxylic acids is 2. The maximum Gasteiger partial charge on any atom is 0.303 e. The summed E-state index contributed by atoms with van der Waals surface area (Å²) in [5.74, 6) is -0.678. The lowest BCUT2D eigenvalue weighted by molar-refractivity contribution is -0.138. The van der Waals surface area contributed by atoms with E-state index in [2.05, 4.69) is 13.8 Å². The van der Waals surface area contributed by atoms with Crippen LogP contribution < -0.4 is 0 Å². The average molecular weight is 357 g/mol. The minimum atomic E-state index is -0.786. The summed E-state index contributed by atoms with van der Waals surface area (Å²) in [4.78, 5) is 36.4. The van der Waals surface area contributed by atoms with Gasteiger partial charge in [-0.1, -0.05) is 51.0 Å². The Balaban J connectivity index is 1.88. The summed E-state index contributed by atoms with van der Waals surface area (Å²) < 4.78 is 0. The van der Waals surface area contributed by atoms with E-state index in [4.69, 9.17) is 5.11 Å². The highest BCUT2D eigenvalue weighted by Crippen LogP contribution is 2.23. The number of benzene rings is 1. The van der Waals surface area contributed by atoms with Crippen LogP contribution in [0.2, 0.25) is 0 Å². The van der Waals surface area contributed by atoms with E-state index in [1.165, 1.54) is 10.5 Å². The van der Waals surface area contributed by atoms with E-state index in [-0.39, 0.29) is 24.7 Å². The van der Waals surface area contributed by atoms with Gasteiger partial charge in [-0.3, -0.25) is 19.3 Å². The SMILES string of the molecule is CC(C)c1ccc(/C=C2\CC(=O)N(CCCCCCC(=O)O)C2=O)cc1. The predicted octanol–water partition coefficient (Wildman–Crippen LogP) is 3.99. The number of hydrogen-bond donors (Lipinski definition) is 1. The first-order valence-electron chi connectivity index (χ1n) is 9.25. The largest absolute Gasteiger partial charge is 0.481 e. The van der Waals surface area contributed by atoms with Gasteiger partial charge in [-0.25, -0.2) is 0 Å². The molecule has 140 valence electrons. The van der Waals surface area contributed by atoms with E-state index in [1.54, 1.807) is 6.08 Å². The standard InChI is InChI=1S/C21H27NO4/c1-15(2)17-10-8-16(9-11-17)13-18-14-19(23)22(21(18)26)12-6-4-3-5-7-20(24)25/h8-11,13,15H,3-7,12,14H2,1-2H3,(H,24,25)/b18-13+. The topological polar surface area (TPSA) is 74.7 Å². The Kier molecular flexibility index (Phi) is 7.13. The molecule has 0 saturated carbocycles. The number of rotatable bonds is 9. The molecular weight excluding hydrogens is 330 g/mol. The molecule has 5 nitrogen and oxygen atoms in total. The summed E-state index contributed by atoms with van der Waals surface area (Å²) in [6, 6.07) is 8.05. The van der Waals surface area contributed by atoms with Crippen molar-refractivity contribution >= 4 is 23.9 Å². The van der Waals surface area contributed by atoms with Gasteiger partial charge < -0.3 is 5.11 Å². The zero-order valence-corrected chi connectivity index (χ0v) is 15.5. The minimum Gasteiger partial charge on any atom is -0.481 e. The molecule has 1 aliphatic rings. The predicted molar refractivity (Wildman–Crippen MR) is 101 cm³/mol. The molecular formula is C21H27NO4. The number of likely N-dealkylation sites (tertiary alicyclic amines) is 1. The zero-order chi connectivity index (χ0) is 19.1. The van der Waals surface area contributed by atoms with Crippen molar-refractivity contribution in [3.05, 3.63) is 41.0 Å². The molecule has 2 amide bonds. The van der Waals surface area contributed by atoms with E-state index < -0.39 is 5.97 Å². The van der Waals surface area contributed by atoms with Crippen LogP contribution in [0.15, 0.2) is 29.8 Å². The number of imide groups is 1. The van der Waals surface area contributed by atoms with Crippen LogP contribution in [0.5, 0.6) is 0 Å². The highest BCUT2D eigenvalue weighted by Gasteiger charge is 2.32. The maximum absolute atomic E-state index is 12.5. The Hall–Kier alpha value is -2.43. The van der Waals surface area contributed by atoms with Gasteiger partial charge in [0.1, 0.15) is 0 Å². The molecule has 1 aromatic carbocycles. The van der Waals surface area contributed by atoms with Crippen molar-refractivity contribution in [2.45, 2.75) is 58.3 Å².